The minimum atomic E-state index is -1.69. The van der Waals surface area contributed by atoms with Crippen LogP contribution < -0.4 is 5.46 Å². The Morgan fingerprint density at radius 1 is 1.47 bits per heavy atom. The molecular weight excluding hydrogens is 226 g/mol. The van der Waals surface area contributed by atoms with Crippen LogP contribution in [0.25, 0.3) is 0 Å². The van der Waals surface area contributed by atoms with Gasteiger partial charge in [0, 0.05) is 6.61 Å². The maximum Gasteiger partial charge on any atom is 0.488 e. The molecule has 1 fully saturated rings. The van der Waals surface area contributed by atoms with Gasteiger partial charge in [0.15, 0.2) is 0 Å². The molecule has 4 nitrogen and oxygen atoms in total. The predicted octanol–water partition coefficient (Wildman–Crippen LogP) is -0.189. The van der Waals surface area contributed by atoms with Crippen molar-refractivity contribution >= 4 is 12.6 Å². The Bertz CT molecular complexity index is 380. The van der Waals surface area contributed by atoms with Gasteiger partial charge in [-0.15, -0.1) is 0 Å². The maximum absolute atomic E-state index is 13.0. The molecule has 2 N–H and O–H groups in total. The second kappa shape index (κ2) is 5.60. The summed E-state index contributed by atoms with van der Waals surface area (Å²) in [5, 5.41) is 18.3. The van der Waals surface area contributed by atoms with Gasteiger partial charge in [-0.2, -0.15) is 0 Å². The smallest absolute Gasteiger partial charge is 0.423 e. The highest BCUT2D eigenvalue weighted by Crippen LogP contribution is 2.11. The van der Waals surface area contributed by atoms with E-state index in [0.717, 1.165) is 12.5 Å². The van der Waals surface area contributed by atoms with Crippen molar-refractivity contribution in [2.45, 2.75) is 19.1 Å². The summed E-state index contributed by atoms with van der Waals surface area (Å²) in [4.78, 5) is 0. The van der Waals surface area contributed by atoms with Crippen molar-refractivity contribution in [2.24, 2.45) is 0 Å². The van der Waals surface area contributed by atoms with Gasteiger partial charge < -0.3 is 19.5 Å². The van der Waals surface area contributed by atoms with E-state index in [1.54, 1.807) is 0 Å². The molecular formula is C11H14BFO4. The van der Waals surface area contributed by atoms with Crippen molar-refractivity contribution in [3.63, 3.8) is 0 Å². The quantitative estimate of drug-likeness (QED) is 0.716. The molecule has 1 aromatic carbocycles. The van der Waals surface area contributed by atoms with E-state index in [0.29, 0.717) is 18.8 Å². The van der Waals surface area contributed by atoms with Crippen LogP contribution in [0.3, 0.4) is 0 Å². The largest absolute Gasteiger partial charge is 0.488 e. The summed E-state index contributed by atoms with van der Waals surface area (Å²) in [6.45, 7) is 1.46. The summed E-state index contributed by atoms with van der Waals surface area (Å²) >= 11 is 0. The Hall–Kier alpha value is -0.945. The van der Waals surface area contributed by atoms with Gasteiger partial charge in [-0.25, -0.2) is 4.39 Å². The summed E-state index contributed by atoms with van der Waals surface area (Å²) in [6, 6.07) is 3.88. The first-order valence-corrected chi connectivity index (χ1v) is 5.50. The number of halogens is 1. The second-order valence-electron chi connectivity index (χ2n) is 4.01. The van der Waals surface area contributed by atoms with Crippen LogP contribution in [0.5, 0.6) is 0 Å². The van der Waals surface area contributed by atoms with Crippen LogP contribution in [0.4, 0.5) is 4.39 Å². The normalized spacial score (nSPS) is 19.6. The molecule has 1 unspecified atom stereocenters. The zero-order valence-electron chi connectivity index (χ0n) is 9.30. The van der Waals surface area contributed by atoms with Gasteiger partial charge in [-0.05, 0) is 29.6 Å². The lowest BCUT2D eigenvalue weighted by Crippen LogP contribution is -2.34. The van der Waals surface area contributed by atoms with Gasteiger partial charge in [0.25, 0.3) is 0 Å². The van der Waals surface area contributed by atoms with Crippen LogP contribution in [0.2, 0.25) is 0 Å². The standard InChI is InChI=1S/C11H14BFO4/c13-9-2-1-8(11(5-9)12(14)15)6-17-10-3-4-16-7-10/h1-2,5,10,14-15H,3-4,6-7H2. The van der Waals surface area contributed by atoms with E-state index in [-0.39, 0.29) is 18.2 Å². The zero-order chi connectivity index (χ0) is 12.3. The lowest BCUT2D eigenvalue weighted by atomic mass is 9.77. The Morgan fingerprint density at radius 3 is 2.94 bits per heavy atom. The Balaban J connectivity index is 2.03. The minimum absolute atomic E-state index is 0.0312. The van der Waals surface area contributed by atoms with Crippen LogP contribution in [-0.4, -0.2) is 36.5 Å². The third-order valence-corrected chi connectivity index (χ3v) is 2.75. The van der Waals surface area contributed by atoms with E-state index in [1.165, 1.54) is 12.1 Å². The van der Waals surface area contributed by atoms with Gasteiger partial charge in [0.2, 0.25) is 0 Å². The zero-order valence-corrected chi connectivity index (χ0v) is 9.30. The van der Waals surface area contributed by atoms with Gasteiger partial charge >= 0.3 is 7.12 Å². The fourth-order valence-corrected chi connectivity index (χ4v) is 1.79. The third-order valence-electron chi connectivity index (χ3n) is 2.75. The molecule has 1 aromatic rings. The lowest BCUT2D eigenvalue weighted by Gasteiger charge is -2.13. The Kier molecular flexibility index (Phi) is 4.12. The number of hydrogen-bond donors (Lipinski definition) is 2. The molecule has 1 heterocycles. The SMILES string of the molecule is OB(O)c1cc(F)ccc1COC1CCOC1. The molecule has 6 heteroatoms. The molecule has 1 saturated heterocycles. The first kappa shape index (κ1) is 12.5. The van der Waals surface area contributed by atoms with Crippen molar-refractivity contribution in [3.05, 3.63) is 29.6 Å². The molecule has 2 rings (SSSR count). The monoisotopic (exact) mass is 240 g/mol. The molecule has 1 aliphatic heterocycles. The molecule has 0 aliphatic carbocycles. The number of rotatable bonds is 4. The highest BCUT2D eigenvalue weighted by Gasteiger charge is 2.20. The lowest BCUT2D eigenvalue weighted by molar-refractivity contribution is 0.0320. The Morgan fingerprint density at radius 2 is 2.29 bits per heavy atom. The van der Waals surface area contributed by atoms with Crippen molar-refractivity contribution in [2.75, 3.05) is 13.2 Å². The molecule has 0 radical (unpaired) electrons. The van der Waals surface area contributed by atoms with Gasteiger partial charge in [0.05, 0.1) is 19.3 Å². The third kappa shape index (κ3) is 3.26. The topological polar surface area (TPSA) is 58.9 Å². The summed E-state index contributed by atoms with van der Waals surface area (Å²) < 4.78 is 23.7. The van der Waals surface area contributed by atoms with Crippen LogP contribution in [0.15, 0.2) is 18.2 Å². The predicted molar refractivity (Wildman–Crippen MR) is 60.2 cm³/mol. The molecule has 1 atom stereocenters. The van der Waals surface area contributed by atoms with Crippen molar-refractivity contribution < 1.29 is 23.9 Å². The average molecular weight is 240 g/mol. The molecule has 92 valence electrons. The molecule has 0 saturated carbocycles. The second-order valence-corrected chi connectivity index (χ2v) is 4.01. The van der Waals surface area contributed by atoms with Crippen LogP contribution in [0.1, 0.15) is 12.0 Å². The first-order chi connectivity index (χ1) is 8.16. The minimum Gasteiger partial charge on any atom is -0.423 e. The highest BCUT2D eigenvalue weighted by atomic mass is 19.1. The fraction of sp³-hybridized carbons (Fsp3) is 0.455. The van der Waals surface area contributed by atoms with Crippen molar-refractivity contribution in [1.29, 1.82) is 0 Å². The average Bonchev–Trinajstić information content (AvgIpc) is 2.80. The molecule has 17 heavy (non-hydrogen) atoms. The molecule has 0 bridgehead atoms. The van der Waals surface area contributed by atoms with Gasteiger partial charge in [0.1, 0.15) is 5.82 Å². The van der Waals surface area contributed by atoms with E-state index < -0.39 is 12.9 Å². The van der Waals surface area contributed by atoms with Crippen LogP contribution >= 0.6 is 0 Å². The fourth-order valence-electron chi connectivity index (χ4n) is 1.79. The van der Waals surface area contributed by atoms with Gasteiger partial charge in [-0.3, -0.25) is 0 Å². The Labute approximate surface area is 99.1 Å². The van der Waals surface area contributed by atoms with E-state index in [2.05, 4.69) is 0 Å². The first-order valence-electron chi connectivity index (χ1n) is 5.50. The number of benzene rings is 1. The highest BCUT2D eigenvalue weighted by molar-refractivity contribution is 6.59. The van der Waals surface area contributed by atoms with Crippen LogP contribution in [0, 0.1) is 5.82 Å². The van der Waals surface area contributed by atoms with E-state index in [9.17, 15) is 4.39 Å². The maximum atomic E-state index is 13.0. The summed E-state index contributed by atoms with van der Waals surface area (Å²) in [6.07, 6.45) is 0.863. The molecule has 1 aliphatic rings. The van der Waals surface area contributed by atoms with Crippen molar-refractivity contribution in [3.8, 4) is 0 Å². The summed E-state index contributed by atoms with van der Waals surface area (Å²) in [7, 11) is -1.69. The van der Waals surface area contributed by atoms with Gasteiger partial charge in [-0.1, -0.05) is 6.07 Å². The number of ether oxygens (including phenoxy) is 2. The molecule has 0 aromatic heterocycles. The summed E-state index contributed by atoms with van der Waals surface area (Å²) in [5.74, 6) is -0.499. The van der Waals surface area contributed by atoms with Crippen LogP contribution in [-0.2, 0) is 16.1 Å². The van der Waals surface area contributed by atoms with E-state index >= 15 is 0 Å². The molecule has 0 amide bonds. The van der Waals surface area contributed by atoms with E-state index in [1.807, 2.05) is 0 Å². The van der Waals surface area contributed by atoms with E-state index in [4.69, 9.17) is 19.5 Å². The number of hydrogen-bond acceptors (Lipinski definition) is 4. The summed E-state index contributed by atoms with van der Waals surface area (Å²) in [5.41, 5.74) is 0.720. The molecule has 0 spiro atoms. The van der Waals surface area contributed by atoms with Crippen molar-refractivity contribution in [1.82, 2.24) is 0 Å².